The van der Waals surface area contributed by atoms with E-state index in [1.54, 1.807) is 6.20 Å². The second-order valence-corrected chi connectivity index (χ2v) is 14.0. The van der Waals surface area contributed by atoms with Crippen molar-refractivity contribution in [3.63, 3.8) is 0 Å². The first kappa shape index (κ1) is 30.4. The molecule has 0 spiro atoms. The van der Waals surface area contributed by atoms with Gasteiger partial charge in [-0.15, -0.1) is 0 Å². The van der Waals surface area contributed by atoms with Crippen molar-refractivity contribution >= 4 is 32.3 Å². The second kappa shape index (κ2) is 12.2. The molecule has 8 aromatic carbocycles. The molecule has 0 atom stereocenters. The molecule has 10 aromatic rings. The zero-order chi connectivity index (χ0) is 35.6. The van der Waals surface area contributed by atoms with Gasteiger partial charge >= 0.3 is 0 Å². The minimum atomic E-state index is 0.711. The van der Waals surface area contributed by atoms with Crippen LogP contribution >= 0.6 is 0 Å². The zero-order valence-corrected chi connectivity index (χ0v) is 29.2. The Labute approximate surface area is 312 Å². The Kier molecular flexibility index (Phi) is 6.86. The van der Waals surface area contributed by atoms with Crippen molar-refractivity contribution < 1.29 is 0 Å². The number of hydrogen-bond acceptors (Lipinski definition) is 3. The highest BCUT2D eigenvalue weighted by Crippen LogP contribution is 2.49. The van der Waals surface area contributed by atoms with E-state index in [4.69, 9.17) is 9.97 Å². The Morgan fingerprint density at radius 3 is 1.61 bits per heavy atom. The van der Waals surface area contributed by atoms with E-state index in [0.717, 1.165) is 44.6 Å². The van der Waals surface area contributed by atoms with Gasteiger partial charge in [-0.1, -0.05) is 152 Å². The van der Waals surface area contributed by atoms with Crippen LogP contribution < -0.4 is 0 Å². The monoisotopic (exact) mass is 685 g/mol. The Bertz CT molecular complexity index is 3050. The summed E-state index contributed by atoms with van der Waals surface area (Å²) in [6.07, 6.45) is 3.70. The highest BCUT2D eigenvalue weighted by Gasteiger charge is 2.23. The predicted octanol–water partition coefficient (Wildman–Crippen LogP) is 13.3. The van der Waals surface area contributed by atoms with Crippen LogP contribution in [0, 0.1) is 0 Å². The molecule has 0 unspecified atom stereocenters. The lowest BCUT2D eigenvalue weighted by Gasteiger charge is -2.14. The molecule has 3 heteroatoms. The maximum Gasteiger partial charge on any atom is 0.161 e. The van der Waals surface area contributed by atoms with Gasteiger partial charge in [0.05, 0.1) is 11.4 Å². The van der Waals surface area contributed by atoms with Gasteiger partial charge in [0.2, 0.25) is 0 Å². The van der Waals surface area contributed by atoms with Crippen molar-refractivity contribution in [1.82, 2.24) is 15.0 Å². The van der Waals surface area contributed by atoms with E-state index in [2.05, 4.69) is 175 Å². The van der Waals surface area contributed by atoms with Gasteiger partial charge in [-0.2, -0.15) is 0 Å². The number of benzene rings is 8. The normalized spacial score (nSPS) is 11.7. The minimum Gasteiger partial charge on any atom is -0.264 e. The van der Waals surface area contributed by atoms with E-state index in [1.807, 2.05) is 12.3 Å². The van der Waals surface area contributed by atoms with E-state index >= 15 is 0 Å². The molecule has 0 aliphatic heterocycles. The molecule has 0 saturated carbocycles. The fraction of sp³-hybridized carbons (Fsp3) is 0. The molecule has 0 fully saturated rings. The van der Waals surface area contributed by atoms with Crippen LogP contribution in [0.15, 0.2) is 188 Å². The third-order valence-electron chi connectivity index (χ3n) is 11.0. The number of pyridine rings is 1. The maximum atomic E-state index is 5.32. The van der Waals surface area contributed by atoms with Crippen molar-refractivity contribution in [2.45, 2.75) is 0 Å². The summed E-state index contributed by atoms with van der Waals surface area (Å²) in [6.45, 7) is 0. The molecule has 1 aliphatic carbocycles. The average molecular weight is 686 g/mol. The van der Waals surface area contributed by atoms with Crippen LogP contribution in [0.25, 0.3) is 111 Å². The van der Waals surface area contributed by atoms with Gasteiger partial charge in [-0.3, -0.25) is 4.98 Å². The van der Waals surface area contributed by atoms with Gasteiger partial charge in [-0.05, 0) is 101 Å². The molecule has 0 N–H and O–H groups in total. The minimum absolute atomic E-state index is 0.711. The molecule has 0 saturated heterocycles. The summed E-state index contributed by atoms with van der Waals surface area (Å²) in [5.74, 6) is 0.711. The van der Waals surface area contributed by atoms with Gasteiger partial charge < -0.3 is 0 Å². The summed E-state index contributed by atoms with van der Waals surface area (Å²) >= 11 is 0. The van der Waals surface area contributed by atoms with Crippen LogP contribution in [0.3, 0.4) is 0 Å². The number of fused-ring (bicyclic) bond motifs is 6. The first-order valence-corrected chi connectivity index (χ1v) is 18.3. The molecular weight excluding hydrogens is 655 g/mol. The molecule has 2 heterocycles. The van der Waals surface area contributed by atoms with Crippen molar-refractivity contribution in [3.8, 4) is 78.4 Å². The molecule has 1 aliphatic rings. The summed E-state index contributed by atoms with van der Waals surface area (Å²) in [4.78, 5) is 14.9. The highest BCUT2D eigenvalue weighted by atomic mass is 14.9. The Hall–Kier alpha value is -7.23. The molecule has 0 amide bonds. The van der Waals surface area contributed by atoms with Crippen molar-refractivity contribution in [1.29, 1.82) is 0 Å². The van der Waals surface area contributed by atoms with Gasteiger partial charge in [0.15, 0.2) is 5.82 Å². The smallest absolute Gasteiger partial charge is 0.161 e. The maximum absolute atomic E-state index is 5.32. The molecule has 11 rings (SSSR count). The molecule has 0 radical (unpaired) electrons. The van der Waals surface area contributed by atoms with Gasteiger partial charge in [-0.25, -0.2) is 9.97 Å². The standard InChI is InChI=1S/C51H31N3/c1-2-11-38-36(9-1)29-47(42-15-6-3-12-39(38)42)33-20-24-35(25-21-33)49-30-48(34-22-18-32(19-23-34)37-10-8-28-52-31-37)53-51(54-49)46-27-26-45-41-14-5-4-13-40(41)43-16-7-17-44(46)50(43)45/h1-31H. The number of aromatic nitrogens is 3. The van der Waals surface area contributed by atoms with Crippen molar-refractivity contribution in [3.05, 3.63) is 188 Å². The van der Waals surface area contributed by atoms with Crippen LogP contribution in [0.5, 0.6) is 0 Å². The third-order valence-corrected chi connectivity index (χ3v) is 11.0. The Morgan fingerprint density at radius 2 is 0.889 bits per heavy atom. The molecule has 3 nitrogen and oxygen atoms in total. The predicted molar refractivity (Wildman–Crippen MR) is 224 cm³/mol. The fourth-order valence-corrected chi connectivity index (χ4v) is 8.35. The summed E-state index contributed by atoms with van der Waals surface area (Å²) in [6, 6.07) is 63.0. The quantitative estimate of drug-likeness (QED) is 0.169. The zero-order valence-electron chi connectivity index (χ0n) is 29.2. The number of nitrogens with zero attached hydrogens (tertiary/aromatic N) is 3. The summed E-state index contributed by atoms with van der Waals surface area (Å²) in [5.41, 5.74) is 14.5. The van der Waals surface area contributed by atoms with Gasteiger partial charge in [0.25, 0.3) is 0 Å². The number of rotatable bonds is 5. The summed E-state index contributed by atoms with van der Waals surface area (Å²) in [7, 11) is 0. The molecule has 2 aromatic heterocycles. The van der Waals surface area contributed by atoms with E-state index in [-0.39, 0.29) is 0 Å². The second-order valence-electron chi connectivity index (χ2n) is 14.0. The van der Waals surface area contributed by atoms with E-state index < -0.39 is 0 Å². The van der Waals surface area contributed by atoms with E-state index in [9.17, 15) is 0 Å². The van der Waals surface area contributed by atoms with Crippen molar-refractivity contribution in [2.24, 2.45) is 0 Å². The molecule has 0 bridgehead atoms. The van der Waals surface area contributed by atoms with Gasteiger partial charge in [0.1, 0.15) is 0 Å². The Balaban J connectivity index is 1.07. The lowest BCUT2D eigenvalue weighted by atomic mass is 9.92. The molecule has 250 valence electrons. The topological polar surface area (TPSA) is 38.7 Å². The van der Waals surface area contributed by atoms with Crippen LogP contribution in [-0.4, -0.2) is 15.0 Å². The summed E-state index contributed by atoms with van der Waals surface area (Å²) in [5, 5.41) is 7.45. The molecule has 54 heavy (non-hydrogen) atoms. The van der Waals surface area contributed by atoms with E-state index in [1.165, 1.54) is 60.3 Å². The SMILES string of the molecule is c1cncc(-c2ccc(-c3cc(-c4ccc(-c5cc6ccccc6c6ccccc56)cc4)nc(-c4ccc5c6c(cccc46)-c4ccccc4-5)n3)cc2)c1. The first-order chi connectivity index (χ1) is 26.8. The van der Waals surface area contributed by atoms with Crippen LogP contribution in [-0.2, 0) is 0 Å². The van der Waals surface area contributed by atoms with Crippen LogP contribution in [0.2, 0.25) is 0 Å². The third kappa shape index (κ3) is 4.87. The molecular formula is C51H31N3. The van der Waals surface area contributed by atoms with Crippen LogP contribution in [0.1, 0.15) is 0 Å². The number of hydrogen-bond donors (Lipinski definition) is 0. The lowest BCUT2D eigenvalue weighted by Crippen LogP contribution is -1.97. The van der Waals surface area contributed by atoms with E-state index in [0.29, 0.717) is 5.82 Å². The average Bonchev–Trinajstić information content (AvgIpc) is 3.58. The van der Waals surface area contributed by atoms with Gasteiger partial charge in [0, 0.05) is 29.1 Å². The summed E-state index contributed by atoms with van der Waals surface area (Å²) < 4.78 is 0. The first-order valence-electron chi connectivity index (χ1n) is 18.3. The largest absolute Gasteiger partial charge is 0.264 e. The lowest BCUT2D eigenvalue weighted by molar-refractivity contribution is 1.19. The van der Waals surface area contributed by atoms with Crippen LogP contribution in [0.4, 0.5) is 0 Å². The van der Waals surface area contributed by atoms with Crippen molar-refractivity contribution in [2.75, 3.05) is 0 Å². The highest BCUT2D eigenvalue weighted by molar-refractivity contribution is 6.18. The Morgan fingerprint density at radius 1 is 0.315 bits per heavy atom. The fourth-order valence-electron chi connectivity index (χ4n) is 8.35.